The molecule has 1 aromatic carbocycles. The van der Waals surface area contributed by atoms with Crippen LogP contribution in [0.4, 0.5) is 0 Å². The van der Waals surface area contributed by atoms with Gasteiger partial charge in [0.15, 0.2) is 0 Å². The molecule has 3 aromatic rings. The smallest absolute Gasteiger partial charge is 0.282 e. The summed E-state index contributed by atoms with van der Waals surface area (Å²) in [6, 6.07) is 12.9. The number of hydrogen-bond donors (Lipinski definition) is 0. The highest BCUT2D eigenvalue weighted by Crippen LogP contribution is 2.33. The average Bonchev–Trinajstić information content (AvgIpc) is 3.55. The van der Waals surface area contributed by atoms with Crippen LogP contribution in [0, 0.1) is 5.92 Å². The number of aryl methyl sites for hydroxylation is 2. The summed E-state index contributed by atoms with van der Waals surface area (Å²) in [6.45, 7) is 4.55. The summed E-state index contributed by atoms with van der Waals surface area (Å²) >= 11 is 7.64. The van der Waals surface area contributed by atoms with E-state index >= 15 is 0 Å². The van der Waals surface area contributed by atoms with Gasteiger partial charge in [-0.25, -0.2) is 4.68 Å². The third-order valence-corrected chi connectivity index (χ3v) is 7.25. The Labute approximate surface area is 203 Å². The van der Waals surface area contributed by atoms with Crippen molar-refractivity contribution in [2.45, 2.75) is 45.6 Å². The first-order valence-electron chi connectivity index (χ1n) is 11.2. The quantitative estimate of drug-likeness (QED) is 0.449. The standard InChI is InChI=1S/C25H28ClN3O3S/c1-16(2)24(30)28-14-6-8-21(28)20-15-17(10-11-18-12-13-23(26)33-18)29(27-20)25(31)19-7-4-5-9-22(19)32-3/h4-5,7,9,12-13,15-16,21H,6,8,10-11,14H2,1-3H3. The fourth-order valence-corrected chi connectivity index (χ4v) is 5.39. The Hall–Kier alpha value is -2.64. The minimum Gasteiger partial charge on any atom is -0.496 e. The maximum atomic E-state index is 13.5. The number of hydrogen-bond acceptors (Lipinski definition) is 5. The molecule has 2 aromatic heterocycles. The van der Waals surface area contributed by atoms with Gasteiger partial charge in [-0.15, -0.1) is 11.3 Å². The molecule has 4 rings (SSSR count). The van der Waals surface area contributed by atoms with E-state index in [2.05, 4.69) is 0 Å². The number of thiophene rings is 1. The molecule has 0 N–H and O–H groups in total. The first kappa shape index (κ1) is 23.5. The van der Waals surface area contributed by atoms with Crippen molar-refractivity contribution >= 4 is 34.8 Å². The van der Waals surface area contributed by atoms with E-state index in [1.165, 1.54) is 4.68 Å². The number of likely N-dealkylation sites (tertiary alicyclic amines) is 1. The van der Waals surface area contributed by atoms with E-state index in [0.29, 0.717) is 17.7 Å². The Kier molecular flexibility index (Phi) is 7.20. The van der Waals surface area contributed by atoms with Crippen molar-refractivity contribution in [2.24, 2.45) is 5.92 Å². The van der Waals surface area contributed by atoms with Crippen molar-refractivity contribution in [3.63, 3.8) is 0 Å². The van der Waals surface area contributed by atoms with Crippen molar-refractivity contribution in [1.82, 2.24) is 14.7 Å². The topological polar surface area (TPSA) is 64.4 Å². The molecular formula is C25H28ClN3O3S. The molecule has 0 aliphatic carbocycles. The monoisotopic (exact) mass is 485 g/mol. The van der Waals surface area contributed by atoms with Crippen molar-refractivity contribution in [2.75, 3.05) is 13.7 Å². The zero-order valence-corrected chi connectivity index (χ0v) is 20.7. The summed E-state index contributed by atoms with van der Waals surface area (Å²) in [5.41, 5.74) is 2.04. The molecule has 0 saturated carbocycles. The number of nitrogens with zero attached hydrogens (tertiary/aromatic N) is 3. The number of carbonyl (C=O) groups excluding carboxylic acids is 2. The second-order valence-electron chi connectivity index (χ2n) is 8.53. The van der Waals surface area contributed by atoms with Crippen molar-refractivity contribution in [1.29, 1.82) is 0 Å². The molecule has 33 heavy (non-hydrogen) atoms. The lowest BCUT2D eigenvalue weighted by atomic mass is 10.1. The van der Waals surface area contributed by atoms with Crippen LogP contribution in [0.1, 0.15) is 59.4 Å². The van der Waals surface area contributed by atoms with E-state index in [1.807, 2.05) is 49.1 Å². The highest BCUT2D eigenvalue weighted by molar-refractivity contribution is 7.16. The van der Waals surface area contributed by atoms with E-state index in [1.54, 1.807) is 30.6 Å². The summed E-state index contributed by atoms with van der Waals surface area (Å²) in [7, 11) is 1.55. The predicted octanol–water partition coefficient (Wildman–Crippen LogP) is 5.40. The molecule has 1 amide bonds. The maximum Gasteiger partial charge on any atom is 0.282 e. The van der Waals surface area contributed by atoms with E-state index in [-0.39, 0.29) is 23.8 Å². The third kappa shape index (κ3) is 4.99. The van der Waals surface area contributed by atoms with Gasteiger partial charge in [-0.1, -0.05) is 37.6 Å². The molecule has 1 unspecified atom stereocenters. The van der Waals surface area contributed by atoms with Crippen LogP contribution in [0.25, 0.3) is 0 Å². The van der Waals surface area contributed by atoms with Crippen molar-refractivity contribution < 1.29 is 14.3 Å². The average molecular weight is 486 g/mol. The number of para-hydroxylation sites is 1. The molecular weight excluding hydrogens is 458 g/mol. The summed E-state index contributed by atoms with van der Waals surface area (Å²) < 4.78 is 7.65. The van der Waals surface area contributed by atoms with Crippen LogP contribution >= 0.6 is 22.9 Å². The number of ether oxygens (including phenoxy) is 1. The zero-order chi connectivity index (χ0) is 23.5. The molecule has 0 radical (unpaired) electrons. The molecule has 0 bridgehead atoms. The number of amides is 1. The number of aromatic nitrogens is 2. The third-order valence-electron chi connectivity index (χ3n) is 5.96. The number of rotatable bonds is 7. The van der Waals surface area contributed by atoms with Gasteiger partial charge in [-0.3, -0.25) is 9.59 Å². The minimum absolute atomic E-state index is 0.0778. The molecule has 1 saturated heterocycles. The van der Waals surface area contributed by atoms with Gasteiger partial charge in [0.1, 0.15) is 5.75 Å². The van der Waals surface area contributed by atoms with Gasteiger partial charge in [-0.05, 0) is 56.0 Å². The van der Waals surface area contributed by atoms with Gasteiger partial charge in [0.2, 0.25) is 5.91 Å². The Bertz CT molecular complexity index is 1150. The van der Waals surface area contributed by atoms with Crippen LogP contribution in [-0.2, 0) is 17.6 Å². The van der Waals surface area contributed by atoms with E-state index < -0.39 is 0 Å². The Morgan fingerprint density at radius 3 is 2.70 bits per heavy atom. The minimum atomic E-state index is -0.238. The molecule has 1 atom stereocenters. The second-order valence-corrected chi connectivity index (χ2v) is 10.3. The fraction of sp³-hybridized carbons (Fsp3) is 0.400. The van der Waals surface area contributed by atoms with E-state index in [0.717, 1.165) is 46.4 Å². The first-order chi connectivity index (χ1) is 15.9. The van der Waals surface area contributed by atoms with Gasteiger partial charge >= 0.3 is 0 Å². The van der Waals surface area contributed by atoms with Crippen LogP contribution in [0.2, 0.25) is 4.34 Å². The van der Waals surface area contributed by atoms with Gasteiger partial charge in [0.25, 0.3) is 5.91 Å². The van der Waals surface area contributed by atoms with Gasteiger partial charge < -0.3 is 9.64 Å². The molecule has 1 aliphatic heterocycles. The van der Waals surface area contributed by atoms with Gasteiger partial charge in [-0.2, -0.15) is 5.10 Å². The largest absolute Gasteiger partial charge is 0.496 e. The lowest BCUT2D eigenvalue weighted by Gasteiger charge is -2.25. The number of carbonyl (C=O) groups is 2. The molecule has 174 valence electrons. The molecule has 1 fully saturated rings. The predicted molar refractivity (Wildman–Crippen MR) is 130 cm³/mol. The Morgan fingerprint density at radius 2 is 2.00 bits per heavy atom. The van der Waals surface area contributed by atoms with Crippen LogP contribution in [-0.4, -0.2) is 40.1 Å². The SMILES string of the molecule is COc1ccccc1C(=O)n1nc(C2CCCN2C(=O)C(C)C)cc1CCc1ccc(Cl)s1. The molecule has 1 aliphatic rings. The van der Waals surface area contributed by atoms with Crippen LogP contribution < -0.4 is 4.74 Å². The van der Waals surface area contributed by atoms with Crippen LogP contribution in [0.5, 0.6) is 5.75 Å². The summed E-state index contributed by atoms with van der Waals surface area (Å²) in [6.07, 6.45) is 3.16. The molecule has 3 heterocycles. The summed E-state index contributed by atoms with van der Waals surface area (Å²) in [5, 5.41) is 4.75. The van der Waals surface area contributed by atoms with E-state index in [9.17, 15) is 9.59 Å². The first-order valence-corrected chi connectivity index (χ1v) is 12.4. The highest BCUT2D eigenvalue weighted by Gasteiger charge is 2.34. The number of halogens is 1. The lowest BCUT2D eigenvalue weighted by molar-refractivity contribution is -0.135. The number of methoxy groups -OCH3 is 1. The second kappa shape index (κ2) is 10.1. The van der Waals surface area contributed by atoms with Crippen LogP contribution in [0.3, 0.4) is 0 Å². The lowest BCUT2D eigenvalue weighted by Crippen LogP contribution is -2.34. The van der Waals surface area contributed by atoms with Gasteiger partial charge in [0.05, 0.1) is 28.7 Å². The van der Waals surface area contributed by atoms with Crippen molar-refractivity contribution in [3.05, 3.63) is 68.6 Å². The molecule has 8 heteroatoms. The maximum absolute atomic E-state index is 13.5. The Morgan fingerprint density at radius 1 is 1.21 bits per heavy atom. The van der Waals surface area contributed by atoms with Crippen LogP contribution in [0.15, 0.2) is 42.5 Å². The van der Waals surface area contributed by atoms with E-state index in [4.69, 9.17) is 21.4 Å². The number of benzene rings is 1. The highest BCUT2D eigenvalue weighted by atomic mass is 35.5. The summed E-state index contributed by atoms with van der Waals surface area (Å²) in [5.74, 6) is 0.314. The fourth-order valence-electron chi connectivity index (χ4n) is 4.30. The normalized spacial score (nSPS) is 15.9. The molecule has 0 spiro atoms. The summed E-state index contributed by atoms with van der Waals surface area (Å²) in [4.78, 5) is 29.4. The van der Waals surface area contributed by atoms with Crippen molar-refractivity contribution in [3.8, 4) is 5.75 Å². The van der Waals surface area contributed by atoms with Gasteiger partial charge in [0, 0.05) is 23.0 Å². The Balaban J connectivity index is 1.69. The zero-order valence-electron chi connectivity index (χ0n) is 19.1. The molecule has 6 nitrogen and oxygen atoms in total.